The molecule has 1 spiro atoms. The number of rotatable bonds is 4. The zero-order valence-electron chi connectivity index (χ0n) is 22.0. The predicted molar refractivity (Wildman–Crippen MR) is 162 cm³/mol. The topological polar surface area (TPSA) is 66.5 Å². The van der Waals surface area contributed by atoms with E-state index >= 15 is 0 Å². The number of anilines is 2. The number of hydrogen-bond acceptors (Lipinski definition) is 4. The number of nitrogens with one attached hydrogen (secondary N) is 1. The number of amides is 1. The van der Waals surface area contributed by atoms with Gasteiger partial charge in [-0.15, -0.1) is 0 Å². The first kappa shape index (κ1) is 25.8. The van der Waals surface area contributed by atoms with Crippen LogP contribution in [0.2, 0.25) is 10.0 Å². The van der Waals surface area contributed by atoms with Gasteiger partial charge in [-0.3, -0.25) is 14.4 Å². The lowest BCUT2D eigenvalue weighted by Gasteiger charge is -2.37. The number of nitrogens with zero attached hydrogens (tertiary/aromatic N) is 1. The van der Waals surface area contributed by atoms with Gasteiger partial charge in [0.2, 0.25) is 5.91 Å². The highest BCUT2D eigenvalue weighted by atomic mass is 35.5. The van der Waals surface area contributed by atoms with Crippen LogP contribution in [-0.4, -0.2) is 29.6 Å². The van der Waals surface area contributed by atoms with Crippen LogP contribution < -0.4 is 10.2 Å². The van der Waals surface area contributed by atoms with E-state index in [2.05, 4.69) is 11.4 Å². The fourth-order valence-corrected chi connectivity index (χ4v) is 7.13. The van der Waals surface area contributed by atoms with Crippen molar-refractivity contribution in [2.24, 2.45) is 5.92 Å². The quantitative estimate of drug-likeness (QED) is 0.261. The van der Waals surface area contributed by atoms with Crippen LogP contribution in [-0.2, 0) is 10.2 Å². The Morgan fingerprint density at radius 2 is 1.46 bits per heavy atom. The molecular weight excluding hydrogens is 555 g/mol. The average Bonchev–Trinajstić information content (AvgIpc) is 3.45. The fraction of sp³-hybridized carbons (Fsp3) is 0.147. The molecule has 0 aromatic heterocycles. The molecule has 4 aromatic carbocycles. The molecule has 5 nitrogen and oxygen atoms in total. The summed E-state index contributed by atoms with van der Waals surface area (Å²) in [5, 5.41) is 4.04. The summed E-state index contributed by atoms with van der Waals surface area (Å²) in [7, 11) is 0. The van der Waals surface area contributed by atoms with E-state index in [1.165, 1.54) is 0 Å². The van der Waals surface area contributed by atoms with E-state index in [1.54, 1.807) is 48.5 Å². The second-order valence-corrected chi connectivity index (χ2v) is 11.7. The smallest absolute Gasteiger partial charge is 0.238 e. The van der Waals surface area contributed by atoms with Crippen molar-refractivity contribution in [2.45, 2.75) is 24.4 Å². The number of carbonyl (C=O) groups excluding carboxylic acids is 3. The highest BCUT2D eigenvalue weighted by molar-refractivity contribution is 6.31. The summed E-state index contributed by atoms with van der Waals surface area (Å²) >= 11 is 12.3. The number of Topliss-reactive ketones (excluding diaryl/α,β-unsaturated/α-hetero) is 2. The summed E-state index contributed by atoms with van der Waals surface area (Å²) in [4.78, 5) is 45.7. The molecule has 1 N–H and O–H groups in total. The molecule has 7 heteroatoms. The highest BCUT2D eigenvalue weighted by Gasteiger charge is 2.70. The van der Waals surface area contributed by atoms with Gasteiger partial charge in [0.05, 0.1) is 12.0 Å². The summed E-state index contributed by atoms with van der Waals surface area (Å²) < 4.78 is 0. The third-order valence-corrected chi connectivity index (χ3v) is 9.10. The zero-order chi connectivity index (χ0) is 28.5. The molecule has 0 aliphatic carbocycles. The number of hydrogen-bond donors (Lipinski definition) is 1. The van der Waals surface area contributed by atoms with Gasteiger partial charge in [0, 0.05) is 32.5 Å². The molecule has 3 heterocycles. The van der Waals surface area contributed by atoms with Crippen molar-refractivity contribution in [3.05, 3.63) is 135 Å². The maximum absolute atomic E-state index is 14.7. The lowest BCUT2D eigenvalue weighted by molar-refractivity contribution is -0.121. The van der Waals surface area contributed by atoms with Gasteiger partial charge in [0.1, 0.15) is 11.5 Å². The standard InChI is InChI=1S/C34H24Cl2N2O3/c1-19-6-16-27-22(18-19)11-17-28-34(25-4-2-3-5-26(25)37-33(34)41)29(31(39)20-7-12-23(35)13-8-20)30(38(27)28)32(40)21-9-14-24(36)15-10-21/h2-18,28-30H,1H3,(H,37,41). The van der Waals surface area contributed by atoms with E-state index in [0.717, 1.165) is 16.8 Å². The number of fused-ring (bicyclic) bond motifs is 6. The third-order valence-electron chi connectivity index (χ3n) is 8.60. The second-order valence-electron chi connectivity index (χ2n) is 10.8. The van der Waals surface area contributed by atoms with Gasteiger partial charge in [-0.1, -0.05) is 65.2 Å². The van der Waals surface area contributed by atoms with E-state index < -0.39 is 23.4 Å². The Labute approximate surface area is 247 Å². The number of ketones is 2. The molecule has 1 fully saturated rings. The molecule has 0 saturated carbocycles. The van der Waals surface area contributed by atoms with Crippen LogP contribution in [0.5, 0.6) is 0 Å². The first-order valence-corrected chi connectivity index (χ1v) is 14.1. The molecular formula is C34H24Cl2N2O3. The molecule has 0 radical (unpaired) electrons. The number of para-hydroxylation sites is 1. The van der Waals surface area contributed by atoms with Crippen LogP contribution >= 0.6 is 23.2 Å². The van der Waals surface area contributed by atoms with Crippen molar-refractivity contribution in [1.82, 2.24) is 0 Å². The minimum Gasteiger partial charge on any atom is -0.352 e. The van der Waals surface area contributed by atoms with Gasteiger partial charge in [-0.25, -0.2) is 0 Å². The lowest BCUT2D eigenvalue weighted by Crippen LogP contribution is -2.51. The Kier molecular flexibility index (Phi) is 5.93. The highest BCUT2D eigenvalue weighted by Crippen LogP contribution is 2.58. The van der Waals surface area contributed by atoms with Crippen molar-refractivity contribution >= 4 is 58.1 Å². The summed E-state index contributed by atoms with van der Waals surface area (Å²) in [6.07, 6.45) is 3.97. The van der Waals surface area contributed by atoms with Crippen LogP contribution in [0.15, 0.2) is 97.1 Å². The van der Waals surface area contributed by atoms with Crippen LogP contribution in [0.1, 0.15) is 37.4 Å². The minimum atomic E-state index is -1.36. The third kappa shape index (κ3) is 3.73. The van der Waals surface area contributed by atoms with Crippen LogP contribution in [0.4, 0.5) is 11.4 Å². The number of benzene rings is 4. The van der Waals surface area contributed by atoms with E-state index in [4.69, 9.17) is 23.2 Å². The van der Waals surface area contributed by atoms with Crippen molar-refractivity contribution in [1.29, 1.82) is 0 Å². The maximum Gasteiger partial charge on any atom is 0.238 e. The largest absolute Gasteiger partial charge is 0.352 e. The van der Waals surface area contributed by atoms with E-state index in [1.807, 2.05) is 60.4 Å². The van der Waals surface area contributed by atoms with Gasteiger partial charge in [-0.2, -0.15) is 0 Å². The second kappa shape index (κ2) is 9.44. The van der Waals surface area contributed by atoms with Crippen molar-refractivity contribution in [3.8, 4) is 0 Å². The molecule has 0 bridgehead atoms. The normalized spacial score (nSPS) is 23.6. The van der Waals surface area contributed by atoms with Crippen LogP contribution in [0.3, 0.4) is 0 Å². The monoisotopic (exact) mass is 578 g/mol. The van der Waals surface area contributed by atoms with Gasteiger partial charge in [0.25, 0.3) is 0 Å². The molecule has 1 amide bonds. The molecule has 4 atom stereocenters. The van der Waals surface area contributed by atoms with Crippen LogP contribution in [0, 0.1) is 12.8 Å². The summed E-state index contributed by atoms with van der Waals surface area (Å²) in [5.74, 6) is -1.89. The Morgan fingerprint density at radius 3 is 2.15 bits per heavy atom. The Balaban J connectivity index is 1.53. The zero-order valence-corrected chi connectivity index (χ0v) is 23.5. The fourth-order valence-electron chi connectivity index (χ4n) is 6.88. The molecule has 4 aromatic rings. The minimum absolute atomic E-state index is 0.255. The molecule has 3 aliphatic heterocycles. The lowest BCUT2D eigenvalue weighted by atomic mass is 9.64. The summed E-state index contributed by atoms with van der Waals surface area (Å²) in [5.41, 5.74) is 3.60. The number of halogens is 2. The molecule has 1 saturated heterocycles. The average molecular weight is 579 g/mol. The predicted octanol–water partition coefficient (Wildman–Crippen LogP) is 7.16. The van der Waals surface area contributed by atoms with E-state index in [9.17, 15) is 14.4 Å². The van der Waals surface area contributed by atoms with Gasteiger partial charge >= 0.3 is 0 Å². The Hall–Kier alpha value is -4.19. The maximum atomic E-state index is 14.7. The molecule has 202 valence electrons. The molecule has 7 rings (SSSR count). The van der Waals surface area contributed by atoms with Crippen molar-refractivity contribution < 1.29 is 14.4 Å². The van der Waals surface area contributed by atoms with E-state index in [-0.39, 0.29) is 17.5 Å². The van der Waals surface area contributed by atoms with Gasteiger partial charge in [0.15, 0.2) is 11.6 Å². The Bertz CT molecular complexity index is 1780. The van der Waals surface area contributed by atoms with Gasteiger partial charge in [-0.05, 0) is 84.8 Å². The van der Waals surface area contributed by atoms with Crippen LogP contribution in [0.25, 0.3) is 6.08 Å². The SMILES string of the molecule is Cc1ccc2c(c1)C=CC1N2C(C(=O)c2ccc(Cl)cc2)C(C(=O)c2ccc(Cl)cc2)C12C(=O)Nc1ccccc12. The summed E-state index contributed by atoms with van der Waals surface area (Å²) in [6.45, 7) is 2.01. The van der Waals surface area contributed by atoms with Gasteiger partial charge < -0.3 is 10.2 Å². The van der Waals surface area contributed by atoms with Crippen molar-refractivity contribution in [2.75, 3.05) is 10.2 Å². The van der Waals surface area contributed by atoms with Crippen molar-refractivity contribution in [3.63, 3.8) is 0 Å². The first-order chi connectivity index (χ1) is 19.8. The first-order valence-electron chi connectivity index (χ1n) is 13.4. The molecule has 41 heavy (non-hydrogen) atoms. The number of aryl methyl sites for hydroxylation is 1. The summed E-state index contributed by atoms with van der Waals surface area (Å²) in [6, 6.07) is 25.2. The van der Waals surface area contributed by atoms with E-state index in [0.29, 0.717) is 32.4 Å². The number of carbonyl (C=O) groups is 3. The Morgan fingerprint density at radius 1 is 0.829 bits per heavy atom. The molecule has 3 aliphatic rings. The molecule has 4 unspecified atom stereocenters.